The topological polar surface area (TPSA) is 49.9 Å². The van der Waals surface area contributed by atoms with Gasteiger partial charge in [-0.15, -0.1) is 0 Å². The molecule has 0 aromatic heterocycles. The van der Waals surface area contributed by atoms with Gasteiger partial charge in [0.15, 0.2) is 0 Å². The molecule has 2 aliphatic heterocycles. The van der Waals surface area contributed by atoms with Crippen molar-refractivity contribution in [2.75, 3.05) is 39.4 Å². The smallest absolute Gasteiger partial charge is 0.243 e. The van der Waals surface area contributed by atoms with Crippen molar-refractivity contribution in [1.82, 2.24) is 9.21 Å². The van der Waals surface area contributed by atoms with Gasteiger partial charge >= 0.3 is 0 Å². The highest BCUT2D eigenvalue weighted by Crippen LogP contribution is 2.26. The fraction of sp³-hybridized carbons (Fsp3) is 0.647. The first-order valence-electron chi connectivity index (χ1n) is 8.36. The molecule has 2 heterocycles. The summed E-state index contributed by atoms with van der Waals surface area (Å²) >= 11 is 0. The Labute approximate surface area is 139 Å². The molecule has 0 spiro atoms. The van der Waals surface area contributed by atoms with E-state index in [1.54, 1.807) is 6.07 Å². The van der Waals surface area contributed by atoms with Crippen molar-refractivity contribution in [2.24, 2.45) is 11.8 Å². The SMILES string of the molecule is CC(C)C1CN(Cc2cccc(S(=O)(=O)N3CCOCC3)c2)C1. The van der Waals surface area contributed by atoms with Crippen molar-refractivity contribution in [1.29, 1.82) is 0 Å². The van der Waals surface area contributed by atoms with Crippen molar-refractivity contribution in [2.45, 2.75) is 25.3 Å². The first kappa shape index (κ1) is 16.9. The number of morpholine rings is 1. The van der Waals surface area contributed by atoms with E-state index < -0.39 is 10.0 Å². The number of ether oxygens (including phenoxy) is 1. The zero-order valence-electron chi connectivity index (χ0n) is 13.9. The molecule has 0 atom stereocenters. The highest BCUT2D eigenvalue weighted by molar-refractivity contribution is 7.89. The first-order chi connectivity index (χ1) is 11.0. The third-order valence-electron chi connectivity index (χ3n) is 4.84. The van der Waals surface area contributed by atoms with Crippen LogP contribution in [0.25, 0.3) is 0 Å². The van der Waals surface area contributed by atoms with Gasteiger partial charge < -0.3 is 4.74 Å². The summed E-state index contributed by atoms with van der Waals surface area (Å²) < 4.78 is 32.2. The maximum atomic E-state index is 12.7. The number of hydrogen-bond acceptors (Lipinski definition) is 4. The fourth-order valence-corrected chi connectivity index (χ4v) is 4.64. The molecule has 0 saturated carbocycles. The molecule has 1 aromatic carbocycles. The van der Waals surface area contributed by atoms with Crippen molar-refractivity contribution in [3.05, 3.63) is 29.8 Å². The van der Waals surface area contributed by atoms with Gasteiger partial charge in [-0.2, -0.15) is 4.31 Å². The summed E-state index contributed by atoms with van der Waals surface area (Å²) in [7, 11) is -3.40. The van der Waals surface area contributed by atoms with Gasteiger partial charge in [0.25, 0.3) is 0 Å². The first-order valence-corrected chi connectivity index (χ1v) is 9.80. The van der Waals surface area contributed by atoms with E-state index in [1.807, 2.05) is 18.2 Å². The molecular formula is C17H26N2O3S. The predicted octanol–water partition coefficient (Wildman–Crippen LogP) is 1.80. The lowest BCUT2D eigenvalue weighted by molar-refractivity contribution is 0.0613. The Morgan fingerprint density at radius 2 is 1.91 bits per heavy atom. The summed E-state index contributed by atoms with van der Waals surface area (Å²) in [5, 5.41) is 0. The van der Waals surface area contributed by atoms with Crippen LogP contribution < -0.4 is 0 Å². The number of benzene rings is 1. The second-order valence-electron chi connectivity index (χ2n) is 6.86. The summed E-state index contributed by atoms with van der Waals surface area (Å²) in [6.45, 7) is 9.40. The van der Waals surface area contributed by atoms with Gasteiger partial charge in [0.1, 0.15) is 0 Å². The molecule has 6 heteroatoms. The molecule has 1 aromatic rings. The lowest BCUT2D eigenvalue weighted by atomic mass is 9.88. The third-order valence-corrected chi connectivity index (χ3v) is 6.74. The molecule has 5 nitrogen and oxygen atoms in total. The van der Waals surface area contributed by atoms with E-state index in [4.69, 9.17) is 4.74 Å². The van der Waals surface area contributed by atoms with Gasteiger partial charge in [-0.1, -0.05) is 26.0 Å². The summed E-state index contributed by atoms with van der Waals surface area (Å²) in [6, 6.07) is 7.39. The second kappa shape index (κ2) is 6.89. The van der Waals surface area contributed by atoms with E-state index in [0.29, 0.717) is 31.2 Å². The summed E-state index contributed by atoms with van der Waals surface area (Å²) in [6.07, 6.45) is 0. The monoisotopic (exact) mass is 338 g/mol. The lowest BCUT2D eigenvalue weighted by Gasteiger charge is -2.41. The third kappa shape index (κ3) is 3.76. The lowest BCUT2D eigenvalue weighted by Crippen LogP contribution is -2.48. The van der Waals surface area contributed by atoms with Gasteiger partial charge in [-0.3, -0.25) is 4.90 Å². The number of sulfonamides is 1. The van der Waals surface area contributed by atoms with Gasteiger partial charge in [0.2, 0.25) is 10.0 Å². The summed E-state index contributed by atoms with van der Waals surface area (Å²) in [4.78, 5) is 2.78. The normalized spacial score (nSPS) is 21.5. The van der Waals surface area contributed by atoms with Crippen LogP contribution in [0.2, 0.25) is 0 Å². The molecule has 2 aliphatic rings. The molecule has 2 saturated heterocycles. The molecule has 2 fully saturated rings. The van der Waals surface area contributed by atoms with Crippen LogP contribution in [0.3, 0.4) is 0 Å². The molecule has 0 aliphatic carbocycles. The van der Waals surface area contributed by atoms with E-state index in [-0.39, 0.29) is 0 Å². The highest BCUT2D eigenvalue weighted by Gasteiger charge is 2.30. The van der Waals surface area contributed by atoms with Crippen LogP contribution in [0.4, 0.5) is 0 Å². The Morgan fingerprint density at radius 3 is 2.57 bits per heavy atom. The van der Waals surface area contributed by atoms with E-state index in [0.717, 1.165) is 37.0 Å². The van der Waals surface area contributed by atoms with Crippen molar-refractivity contribution >= 4 is 10.0 Å². The van der Waals surface area contributed by atoms with E-state index in [1.165, 1.54) is 4.31 Å². The second-order valence-corrected chi connectivity index (χ2v) is 8.80. The van der Waals surface area contributed by atoms with Gasteiger partial charge in [0.05, 0.1) is 18.1 Å². The van der Waals surface area contributed by atoms with Crippen molar-refractivity contribution < 1.29 is 13.2 Å². The molecule has 128 valence electrons. The van der Waals surface area contributed by atoms with Crippen molar-refractivity contribution in [3.8, 4) is 0 Å². The van der Waals surface area contributed by atoms with Gasteiger partial charge in [-0.25, -0.2) is 8.42 Å². The average Bonchev–Trinajstić information content (AvgIpc) is 2.51. The average molecular weight is 338 g/mol. The molecule has 0 amide bonds. The van der Waals surface area contributed by atoms with E-state index in [9.17, 15) is 8.42 Å². The van der Waals surface area contributed by atoms with Crippen LogP contribution >= 0.6 is 0 Å². The molecule has 3 rings (SSSR count). The van der Waals surface area contributed by atoms with Crippen molar-refractivity contribution in [3.63, 3.8) is 0 Å². The number of hydrogen-bond donors (Lipinski definition) is 0. The van der Waals surface area contributed by atoms with Crippen LogP contribution in [0.15, 0.2) is 29.2 Å². The number of likely N-dealkylation sites (tertiary alicyclic amines) is 1. The van der Waals surface area contributed by atoms with Gasteiger partial charge in [0, 0.05) is 32.7 Å². The minimum absolute atomic E-state index is 0.401. The Hall–Kier alpha value is -0.950. The maximum absolute atomic E-state index is 12.7. The zero-order valence-corrected chi connectivity index (χ0v) is 14.8. The fourth-order valence-electron chi connectivity index (χ4n) is 3.16. The summed E-state index contributed by atoms with van der Waals surface area (Å²) in [5.41, 5.74) is 1.07. The standard InChI is InChI=1S/C17H26N2O3S/c1-14(2)16-12-18(13-16)11-15-4-3-5-17(10-15)23(20,21)19-6-8-22-9-7-19/h3-5,10,14,16H,6-9,11-13H2,1-2H3. The Morgan fingerprint density at radius 1 is 1.22 bits per heavy atom. The van der Waals surface area contributed by atoms with Crippen LogP contribution in [-0.2, 0) is 21.3 Å². The van der Waals surface area contributed by atoms with Crippen LogP contribution in [0.1, 0.15) is 19.4 Å². The molecule has 0 bridgehead atoms. The number of nitrogens with zero attached hydrogens (tertiary/aromatic N) is 2. The molecular weight excluding hydrogens is 312 g/mol. The van der Waals surface area contributed by atoms with Gasteiger partial charge in [-0.05, 0) is 29.5 Å². The highest BCUT2D eigenvalue weighted by atomic mass is 32.2. The van der Waals surface area contributed by atoms with Crippen LogP contribution in [-0.4, -0.2) is 57.0 Å². The Bertz CT molecular complexity index is 633. The molecule has 0 N–H and O–H groups in total. The van der Waals surface area contributed by atoms with E-state index >= 15 is 0 Å². The van der Waals surface area contributed by atoms with E-state index in [2.05, 4.69) is 18.7 Å². The minimum atomic E-state index is -3.40. The molecule has 0 radical (unpaired) electrons. The maximum Gasteiger partial charge on any atom is 0.243 e. The minimum Gasteiger partial charge on any atom is -0.379 e. The van der Waals surface area contributed by atoms with Crippen LogP contribution in [0, 0.1) is 11.8 Å². The number of rotatable bonds is 5. The quantitative estimate of drug-likeness (QED) is 0.821. The Kier molecular flexibility index (Phi) is 5.06. The largest absolute Gasteiger partial charge is 0.379 e. The summed E-state index contributed by atoms with van der Waals surface area (Å²) in [5.74, 6) is 1.49. The predicted molar refractivity (Wildman–Crippen MR) is 89.6 cm³/mol. The molecule has 0 unspecified atom stereocenters. The zero-order chi connectivity index (χ0) is 16.4. The van der Waals surface area contributed by atoms with Crippen LogP contribution in [0.5, 0.6) is 0 Å². The Balaban J connectivity index is 1.68. The molecule has 23 heavy (non-hydrogen) atoms.